The fraction of sp³-hybridized carbons (Fsp3) is 0.160. The molecule has 0 fully saturated rings. The van der Waals surface area contributed by atoms with Gasteiger partial charge in [0.05, 0.1) is 21.8 Å². The van der Waals surface area contributed by atoms with Gasteiger partial charge in [-0.2, -0.15) is 0 Å². The topological polar surface area (TPSA) is 83.6 Å². The van der Waals surface area contributed by atoms with Crippen LogP contribution in [0, 0.1) is 6.92 Å². The van der Waals surface area contributed by atoms with E-state index in [0.717, 1.165) is 21.1 Å². The van der Waals surface area contributed by atoms with Crippen LogP contribution in [0.5, 0.6) is 0 Å². The predicted molar refractivity (Wildman–Crippen MR) is 131 cm³/mol. The van der Waals surface area contributed by atoms with Crippen LogP contribution in [0.25, 0.3) is 10.2 Å². The summed E-state index contributed by atoms with van der Waals surface area (Å²) < 4.78 is 7.31. The van der Waals surface area contributed by atoms with Crippen LogP contribution in [0.15, 0.2) is 74.8 Å². The van der Waals surface area contributed by atoms with E-state index < -0.39 is 23.5 Å². The predicted octanol–water partition coefficient (Wildman–Crippen LogP) is 6.31. The maximum atomic E-state index is 13.4. The molecule has 0 spiro atoms. The molecule has 0 unspecified atom stereocenters. The Kier molecular flexibility index (Phi) is 5.42. The molecule has 0 saturated carbocycles. The molecule has 8 heteroatoms. The van der Waals surface area contributed by atoms with E-state index >= 15 is 0 Å². The van der Waals surface area contributed by atoms with Crippen molar-refractivity contribution in [1.29, 1.82) is 0 Å². The van der Waals surface area contributed by atoms with Gasteiger partial charge in [-0.1, -0.05) is 52.4 Å². The number of benzene rings is 2. The van der Waals surface area contributed by atoms with Gasteiger partial charge in [0.25, 0.3) is 5.91 Å². The number of hydrogen-bond acceptors (Lipinski definition) is 6. The number of anilines is 1. The number of fused-ring (bicyclic) bond motifs is 1. The molecule has 1 atom stereocenters. The van der Waals surface area contributed by atoms with Crippen molar-refractivity contribution in [3.05, 3.63) is 93.0 Å². The first kappa shape index (κ1) is 21.6. The largest absolute Gasteiger partial charge is 0.503 e. The van der Waals surface area contributed by atoms with Crippen LogP contribution in [0.3, 0.4) is 0 Å². The number of thiazole rings is 1. The van der Waals surface area contributed by atoms with Crippen LogP contribution >= 0.6 is 27.3 Å². The Labute approximate surface area is 202 Å². The Morgan fingerprint density at radius 1 is 1.18 bits per heavy atom. The lowest BCUT2D eigenvalue weighted by atomic mass is 9.95. The maximum absolute atomic E-state index is 13.4. The fourth-order valence-corrected chi connectivity index (χ4v) is 5.28. The van der Waals surface area contributed by atoms with Crippen molar-refractivity contribution < 1.29 is 19.1 Å². The van der Waals surface area contributed by atoms with Gasteiger partial charge in [-0.25, -0.2) is 4.98 Å². The zero-order chi connectivity index (χ0) is 23.3. The summed E-state index contributed by atoms with van der Waals surface area (Å²) in [6.07, 6.45) is 0.886. The number of aliphatic hydroxyl groups excluding tert-OH is 1. The smallest absolute Gasteiger partial charge is 0.296 e. The highest BCUT2D eigenvalue weighted by molar-refractivity contribution is 9.10. The average molecular weight is 523 g/mol. The van der Waals surface area contributed by atoms with Gasteiger partial charge in [0.2, 0.25) is 5.78 Å². The number of Topliss-reactive ketones (excluding diaryl/α,β-unsaturated/α-hetero) is 1. The first-order valence-corrected chi connectivity index (χ1v) is 12.0. The zero-order valence-corrected chi connectivity index (χ0v) is 20.2. The standard InChI is InChI=1S/C25H19BrN2O4S/c1-3-14-5-10-17-19(12-14)33-25(27-17)28-21(15-6-8-16(26)9-7-15)20(23(30)24(28)31)22(29)18-11-4-13(2)32-18/h4-12,21,30H,3H2,1-2H3/t21-/m0/s1. The minimum absolute atomic E-state index is 0.0230. The molecule has 1 aliphatic heterocycles. The highest BCUT2D eigenvalue weighted by atomic mass is 79.9. The molecule has 0 saturated heterocycles. The summed E-state index contributed by atoms with van der Waals surface area (Å²) in [5.74, 6) is -1.14. The van der Waals surface area contributed by atoms with Crippen molar-refractivity contribution >= 4 is 54.3 Å². The average Bonchev–Trinajstić information content (AvgIpc) is 3.49. The second-order valence-corrected chi connectivity index (χ2v) is 9.71. The molecule has 2 aromatic carbocycles. The van der Waals surface area contributed by atoms with E-state index in [0.29, 0.717) is 16.5 Å². The molecule has 1 N–H and O–H groups in total. The lowest BCUT2D eigenvalue weighted by Gasteiger charge is -2.24. The van der Waals surface area contributed by atoms with Crippen LogP contribution in [-0.2, 0) is 11.2 Å². The van der Waals surface area contributed by atoms with Crippen LogP contribution in [0.1, 0.15) is 40.4 Å². The summed E-state index contributed by atoms with van der Waals surface area (Å²) in [6, 6.07) is 15.7. The third-order valence-electron chi connectivity index (χ3n) is 5.66. The first-order chi connectivity index (χ1) is 15.9. The minimum Gasteiger partial charge on any atom is -0.503 e. The Morgan fingerprint density at radius 3 is 2.61 bits per heavy atom. The number of ketones is 1. The van der Waals surface area contributed by atoms with Gasteiger partial charge in [0.1, 0.15) is 5.76 Å². The summed E-state index contributed by atoms with van der Waals surface area (Å²) in [4.78, 5) is 32.7. The molecule has 1 amide bonds. The quantitative estimate of drug-likeness (QED) is 0.310. The number of hydrogen-bond donors (Lipinski definition) is 1. The van der Waals surface area contributed by atoms with Crippen molar-refractivity contribution in [2.45, 2.75) is 26.3 Å². The molecule has 1 aliphatic rings. The molecular formula is C25H19BrN2O4S. The second kappa shape index (κ2) is 8.28. The number of aryl methyl sites for hydroxylation is 2. The minimum atomic E-state index is -0.838. The summed E-state index contributed by atoms with van der Waals surface area (Å²) in [5, 5.41) is 11.3. The van der Waals surface area contributed by atoms with Crippen molar-refractivity contribution in [3.63, 3.8) is 0 Å². The normalized spacial score (nSPS) is 16.3. The molecule has 5 rings (SSSR count). The Morgan fingerprint density at radius 2 is 1.94 bits per heavy atom. The molecule has 3 heterocycles. The lowest BCUT2D eigenvalue weighted by Crippen LogP contribution is -2.30. The second-order valence-electron chi connectivity index (χ2n) is 7.78. The van der Waals surface area contributed by atoms with Gasteiger partial charge < -0.3 is 9.52 Å². The maximum Gasteiger partial charge on any atom is 0.296 e. The third-order valence-corrected chi connectivity index (χ3v) is 7.20. The molecule has 166 valence electrons. The zero-order valence-electron chi connectivity index (χ0n) is 17.8. The van der Waals surface area contributed by atoms with Crippen LogP contribution in [-0.4, -0.2) is 21.8 Å². The number of halogens is 1. The number of amides is 1. The molecule has 0 bridgehead atoms. The van der Waals surface area contributed by atoms with E-state index in [1.54, 1.807) is 19.1 Å². The van der Waals surface area contributed by atoms with Crippen molar-refractivity contribution in [2.24, 2.45) is 0 Å². The molecule has 2 aromatic heterocycles. The van der Waals surface area contributed by atoms with Gasteiger partial charge >= 0.3 is 0 Å². The molecular weight excluding hydrogens is 504 g/mol. The molecule has 33 heavy (non-hydrogen) atoms. The number of furan rings is 1. The first-order valence-electron chi connectivity index (χ1n) is 10.4. The molecule has 0 radical (unpaired) electrons. The summed E-state index contributed by atoms with van der Waals surface area (Å²) >= 11 is 4.78. The number of rotatable bonds is 5. The Bertz CT molecular complexity index is 1430. The fourth-order valence-electron chi connectivity index (χ4n) is 3.96. The van der Waals surface area contributed by atoms with E-state index in [2.05, 4.69) is 33.9 Å². The summed E-state index contributed by atoms with van der Waals surface area (Å²) in [7, 11) is 0. The van der Waals surface area contributed by atoms with Gasteiger partial charge in [-0.15, -0.1) is 0 Å². The number of nitrogens with zero attached hydrogens (tertiary/aromatic N) is 2. The Hall–Kier alpha value is -3.23. The van der Waals surface area contributed by atoms with Gasteiger partial charge in [-0.3, -0.25) is 14.5 Å². The van der Waals surface area contributed by atoms with E-state index in [1.165, 1.54) is 21.8 Å². The number of aliphatic hydroxyl groups is 1. The van der Waals surface area contributed by atoms with E-state index in [-0.39, 0.29) is 11.3 Å². The molecule has 4 aromatic rings. The van der Waals surface area contributed by atoms with Gasteiger partial charge in [0.15, 0.2) is 16.7 Å². The van der Waals surface area contributed by atoms with Crippen molar-refractivity contribution in [2.75, 3.05) is 4.90 Å². The van der Waals surface area contributed by atoms with E-state index in [9.17, 15) is 14.7 Å². The summed E-state index contributed by atoms with van der Waals surface area (Å²) in [6.45, 7) is 3.81. The van der Waals surface area contributed by atoms with E-state index in [4.69, 9.17) is 4.42 Å². The van der Waals surface area contributed by atoms with Crippen LogP contribution in [0.2, 0.25) is 0 Å². The number of carbonyl (C=O) groups excluding carboxylic acids is 2. The van der Waals surface area contributed by atoms with Crippen LogP contribution < -0.4 is 4.90 Å². The van der Waals surface area contributed by atoms with Crippen LogP contribution in [0.4, 0.5) is 5.13 Å². The van der Waals surface area contributed by atoms with Crippen molar-refractivity contribution in [3.8, 4) is 0 Å². The van der Waals surface area contributed by atoms with Gasteiger partial charge in [0, 0.05) is 4.47 Å². The monoisotopic (exact) mass is 522 g/mol. The lowest BCUT2D eigenvalue weighted by molar-refractivity contribution is -0.117. The van der Waals surface area contributed by atoms with Gasteiger partial charge in [-0.05, 0) is 60.9 Å². The highest BCUT2D eigenvalue weighted by Gasteiger charge is 2.46. The SMILES string of the molecule is CCc1ccc2nc(N3C(=O)C(O)=C(C(=O)c4ccc(C)o4)[C@@H]3c3ccc(Br)cc3)sc2c1. The Balaban J connectivity index is 1.66. The third kappa shape index (κ3) is 3.69. The van der Waals surface area contributed by atoms with Crippen molar-refractivity contribution in [1.82, 2.24) is 4.98 Å². The number of carbonyl (C=O) groups is 2. The number of aromatic nitrogens is 1. The highest BCUT2D eigenvalue weighted by Crippen LogP contribution is 2.44. The molecule has 6 nitrogen and oxygen atoms in total. The molecule has 0 aliphatic carbocycles. The van der Waals surface area contributed by atoms with E-state index in [1.807, 2.05) is 36.4 Å². The summed E-state index contributed by atoms with van der Waals surface area (Å²) in [5.41, 5.74) is 2.58.